The largest absolute Gasteiger partial charge is 0.481 e. The standard InChI is InChI=1S/C12H21NO4S/c1-8-9(12(14)15)6-7-13(8)10-4-3-5-11(10)18(2,16)17/h8-11H,3-7H2,1-2H3,(H,14,15). The molecular weight excluding hydrogens is 254 g/mol. The Labute approximate surface area is 108 Å². The lowest BCUT2D eigenvalue weighted by molar-refractivity contribution is -0.142. The van der Waals surface area contributed by atoms with E-state index >= 15 is 0 Å². The van der Waals surface area contributed by atoms with Gasteiger partial charge in [0.1, 0.15) is 0 Å². The highest BCUT2D eigenvalue weighted by molar-refractivity contribution is 7.91. The predicted molar refractivity (Wildman–Crippen MR) is 68.2 cm³/mol. The summed E-state index contributed by atoms with van der Waals surface area (Å²) in [4.78, 5) is 13.2. The van der Waals surface area contributed by atoms with Crippen LogP contribution in [-0.2, 0) is 14.6 Å². The number of aliphatic carboxylic acids is 1. The van der Waals surface area contributed by atoms with Crippen LogP contribution in [0.4, 0.5) is 0 Å². The van der Waals surface area contributed by atoms with Crippen LogP contribution >= 0.6 is 0 Å². The molecule has 1 aliphatic carbocycles. The zero-order chi connectivity index (χ0) is 13.5. The van der Waals surface area contributed by atoms with Gasteiger partial charge in [-0.1, -0.05) is 6.42 Å². The molecule has 1 N–H and O–H groups in total. The van der Waals surface area contributed by atoms with E-state index in [2.05, 4.69) is 4.90 Å². The summed E-state index contributed by atoms with van der Waals surface area (Å²) in [5.41, 5.74) is 0. The van der Waals surface area contributed by atoms with Crippen LogP contribution < -0.4 is 0 Å². The van der Waals surface area contributed by atoms with Gasteiger partial charge < -0.3 is 5.11 Å². The minimum absolute atomic E-state index is 0.0133. The maximum Gasteiger partial charge on any atom is 0.308 e. The Kier molecular flexibility index (Phi) is 3.69. The molecule has 0 aromatic carbocycles. The Hall–Kier alpha value is -0.620. The lowest BCUT2D eigenvalue weighted by atomic mass is 10.0. The lowest BCUT2D eigenvalue weighted by Crippen LogP contribution is -2.46. The molecule has 6 heteroatoms. The fourth-order valence-electron chi connectivity index (χ4n) is 3.55. The molecule has 0 radical (unpaired) electrons. The molecular formula is C12H21NO4S. The number of carbonyl (C=O) groups is 1. The first-order valence-electron chi connectivity index (χ1n) is 6.50. The number of carboxylic acids is 1. The Bertz CT molecular complexity index is 433. The van der Waals surface area contributed by atoms with E-state index in [1.54, 1.807) is 0 Å². The zero-order valence-corrected chi connectivity index (χ0v) is 11.7. The molecule has 0 bridgehead atoms. The molecule has 5 nitrogen and oxygen atoms in total. The maximum atomic E-state index is 11.8. The molecule has 1 saturated heterocycles. The number of sulfone groups is 1. The molecule has 1 saturated carbocycles. The highest BCUT2D eigenvalue weighted by atomic mass is 32.2. The second-order valence-electron chi connectivity index (χ2n) is 5.58. The van der Waals surface area contributed by atoms with Crippen molar-refractivity contribution in [2.75, 3.05) is 12.8 Å². The molecule has 1 aliphatic heterocycles. The Morgan fingerprint density at radius 1 is 1.28 bits per heavy atom. The Balaban J connectivity index is 2.15. The minimum Gasteiger partial charge on any atom is -0.481 e. The number of nitrogens with zero attached hydrogens (tertiary/aromatic N) is 1. The van der Waals surface area contributed by atoms with Gasteiger partial charge >= 0.3 is 5.97 Å². The summed E-state index contributed by atoms with van der Waals surface area (Å²) in [5, 5.41) is 8.81. The lowest BCUT2D eigenvalue weighted by Gasteiger charge is -2.32. The van der Waals surface area contributed by atoms with Crippen LogP contribution in [0.2, 0.25) is 0 Å². The number of likely N-dealkylation sites (tertiary alicyclic amines) is 1. The van der Waals surface area contributed by atoms with Gasteiger partial charge in [-0.15, -0.1) is 0 Å². The van der Waals surface area contributed by atoms with Gasteiger partial charge in [-0.2, -0.15) is 0 Å². The van der Waals surface area contributed by atoms with Crippen molar-refractivity contribution in [3.8, 4) is 0 Å². The van der Waals surface area contributed by atoms with Crippen molar-refractivity contribution in [3.05, 3.63) is 0 Å². The summed E-state index contributed by atoms with van der Waals surface area (Å²) in [6.07, 6.45) is 4.43. The third-order valence-electron chi connectivity index (χ3n) is 4.51. The average molecular weight is 275 g/mol. The van der Waals surface area contributed by atoms with E-state index in [4.69, 9.17) is 5.11 Å². The number of hydrogen-bond acceptors (Lipinski definition) is 4. The van der Waals surface area contributed by atoms with Crippen LogP contribution in [0.1, 0.15) is 32.6 Å². The van der Waals surface area contributed by atoms with Gasteiger partial charge in [0, 0.05) is 18.3 Å². The fourth-order valence-corrected chi connectivity index (χ4v) is 5.00. The van der Waals surface area contributed by atoms with Crippen LogP contribution in [0.5, 0.6) is 0 Å². The van der Waals surface area contributed by atoms with E-state index in [0.29, 0.717) is 19.4 Å². The van der Waals surface area contributed by atoms with E-state index < -0.39 is 15.8 Å². The van der Waals surface area contributed by atoms with Gasteiger partial charge in [-0.25, -0.2) is 8.42 Å². The summed E-state index contributed by atoms with van der Waals surface area (Å²) in [6, 6.07) is -0.0470. The van der Waals surface area contributed by atoms with Crippen LogP contribution in [-0.4, -0.2) is 54.5 Å². The SMILES string of the molecule is CC1C(C(=O)O)CCN1C1CCCC1S(C)(=O)=O. The highest BCUT2D eigenvalue weighted by Gasteiger charge is 2.45. The van der Waals surface area contributed by atoms with Crippen LogP contribution in [0.3, 0.4) is 0 Å². The fraction of sp³-hybridized carbons (Fsp3) is 0.917. The second kappa shape index (κ2) is 4.81. The van der Waals surface area contributed by atoms with Crippen molar-refractivity contribution in [3.63, 3.8) is 0 Å². The van der Waals surface area contributed by atoms with Crippen molar-refractivity contribution in [2.24, 2.45) is 5.92 Å². The van der Waals surface area contributed by atoms with Gasteiger partial charge in [-0.05, 0) is 32.7 Å². The summed E-state index contributed by atoms with van der Waals surface area (Å²) in [5.74, 6) is -1.12. The molecule has 2 fully saturated rings. The molecule has 0 spiro atoms. The number of rotatable bonds is 3. The summed E-state index contributed by atoms with van der Waals surface area (Å²) in [7, 11) is -3.04. The average Bonchev–Trinajstić information content (AvgIpc) is 2.81. The van der Waals surface area contributed by atoms with Gasteiger partial charge in [0.05, 0.1) is 11.2 Å². The van der Waals surface area contributed by atoms with Gasteiger partial charge in [0.15, 0.2) is 9.84 Å². The second-order valence-corrected chi connectivity index (χ2v) is 7.84. The smallest absolute Gasteiger partial charge is 0.308 e. The van der Waals surface area contributed by atoms with E-state index in [9.17, 15) is 13.2 Å². The molecule has 1 heterocycles. The quantitative estimate of drug-likeness (QED) is 0.822. The van der Waals surface area contributed by atoms with Crippen molar-refractivity contribution < 1.29 is 18.3 Å². The van der Waals surface area contributed by atoms with Crippen molar-refractivity contribution in [1.29, 1.82) is 0 Å². The van der Waals surface area contributed by atoms with Crippen LogP contribution in [0.15, 0.2) is 0 Å². The number of hydrogen-bond donors (Lipinski definition) is 1. The number of carboxylic acid groups (broad SMARTS) is 1. The third-order valence-corrected chi connectivity index (χ3v) is 6.16. The van der Waals surface area contributed by atoms with Gasteiger partial charge in [-0.3, -0.25) is 9.69 Å². The molecule has 4 unspecified atom stereocenters. The van der Waals surface area contributed by atoms with E-state index in [-0.39, 0.29) is 23.3 Å². The summed E-state index contributed by atoms with van der Waals surface area (Å²) >= 11 is 0. The molecule has 18 heavy (non-hydrogen) atoms. The van der Waals surface area contributed by atoms with Gasteiger partial charge in [0.25, 0.3) is 0 Å². The molecule has 2 aliphatic rings. The minimum atomic E-state index is -3.04. The first-order valence-corrected chi connectivity index (χ1v) is 8.45. The van der Waals surface area contributed by atoms with Crippen LogP contribution in [0.25, 0.3) is 0 Å². The van der Waals surface area contributed by atoms with Crippen molar-refractivity contribution in [1.82, 2.24) is 4.90 Å². The normalized spacial score (nSPS) is 38.1. The maximum absolute atomic E-state index is 11.8. The first-order chi connectivity index (χ1) is 8.32. The summed E-state index contributed by atoms with van der Waals surface area (Å²) < 4.78 is 23.6. The van der Waals surface area contributed by atoms with Crippen molar-refractivity contribution >= 4 is 15.8 Å². The molecule has 0 aromatic rings. The topological polar surface area (TPSA) is 74.7 Å². The first kappa shape index (κ1) is 13.8. The predicted octanol–water partition coefficient (Wildman–Crippen LogP) is 0.747. The van der Waals surface area contributed by atoms with Crippen LogP contribution in [0, 0.1) is 5.92 Å². The Morgan fingerprint density at radius 3 is 2.44 bits per heavy atom. The molecule has 4 atom stereocenters. The summed E-state index contributed by atoms with van der Waals surface area (Å²) in [6.45, 7) is 2.61. The molecule has 0 aromatic heterocycles. The van der Waals surface area contributed by atoms with E-state index in [1.807, 2.05) is 6.92 Å². The molecule has 2 rings (SSSR count). The third kappa shape index (κ3) is 2.40. The Morgan fingerprint density at radius 2 is 1.94 bits per heavy atom. The highest BCUT2D eigenvalue weighted by Crippen LogP contribution is 2.35. The monoisotopic (exact) mass is 275 g/mol. The molecule has 0 amide bonds. The van der Waals surface area contributed by atoms with E-state index in [0.717, 1.165) is 12.8 Å². The van der Waals surface area contributed by atoms with Gasteiger partial charge in [0.2, 0.25) is 0 Å². The van der Waals surface area contributed by atoms with Crippen molar-refractivity contribution in [2.45, 2.75) is 49.9 Å². The zero-order valence-electron chi connectivity index (χ0n) is 10.9. The molecule has 104 valence electrons. The van der Waals surface area contributed by atoms with E-state index in [1.165, 1.54) is 6.26 Å².